The van der Waals surface area contributed by atoms with Crippen LogP contribution in [-0.2, 0) is 6.42 Å². The van der Waals surface area contributed by atoms with Crippen LogP contribution in [0.3, 0.4) is 0 Å². The fourth-order valence-electron chi connectivity index (χ4n) is 2.61. The fraction of sp³-hybridized carbons (Fsp3) is 0.250. The van der Waals surface area contributed by atoms with Crippen molar-refractivity contribution in [1.82, 2.24) is 0 Å². The number of anilines is 1. The van der Waals surface area contributed by atoms with Gasteiger partial charge in [0.15, 0.2) is 0 Å². The van der Waals surface area contributed by atoms with Crippen LogP contribution in [0.2, 0.25) is 5.02 Å². The maximum Gasteiger partial charge on any atom is 0.0455 e. The minimum Gasteiger partial charge on any atom is -0.384 e. The second kappa shape index (κ2) is 4.66. The molecule has 0 amide bonds. The summed E-state index contributed by atoms with van der Waals surface area (Å²) in [6.45, 7) is 3.05. The van der Waals surface area contributed by atoms with Gasteiger partial charge in [-0.25, -0.2) is 0 Å². The summed E-state index contributed by atoms with van der Waals surface area (Å²) in [5.74, 6) is 0.555. The highest BCUT2D eigenvalue weighted by molar-refractivity contribution is 6.31. The lowest BCUT2D eigenvalue weighted by Crippen LogP contribution is -2.21. The molecular weight excluding hydrogens is 242 g/mol. The van der Waals surface area contributed by atoms with Crippen LogP contribution in [0.5, 0.6) is 0 Å². The maximum absolute atomic E-state index is 6.16. The minimum atomic E-state index is 0.555. The Balaban J connectivity index is 1.92. The van der Waals surface area contributed by atoms with Gasteiger partial charge in [0.25, 0.3) is 0 Å². The van der Waals surface area contributed by atoms with Gasteiger partial charge in [0, 0.05) is 23.2 Å². The van der Waals surface area contributed by atoms with Gasteiger partial charge < -0.3 is 5.32 Å². The number of hydrogen-bond donors (Lipinski definition) is 1. The van der Waals surface area contributed by atoms with Crippen molar-refractivity contribution in [3.63, 3.8) is 0 Å². The molecule has 1 unspecified atom stereocenters. The zero-order valence-corrected chi connectivity index (χ0v) is 11.2. The molecule has 2 aromatic rings. The lowest BCUT2D eigenvalue weighted by atomic mass is 9.88. The summed E-state index contributed by atoms with van der Waals surface area (Å²) < 4.78 is 0. The summed E-state index contributed by atoms with van der Waals surface area (Å²) in [6, 6.07) is 15.0. The standard InChI is InChI=1S/C16H16ClN/c1-11-7-13-8-14(12-5-3-2-4-6-12)10-18-16(13)9-15(11)17/h2-7,9,14,18H,8,10H2,1H3. The van der Waals surface area contributed by atoms with Gasteiger partial charge >= 0.3 is 0 Å². The van der Waals surface area contributed by atoms with Crippen LogP contribution in [0, 0.1) is 6.92 Å². The summed E-state index contributed by atoms with van der Waals surface area (Å²) in [5.41, 5.74) is 5.13. The summed E-state index contributed by atoms with van der Waals surface area (Å²) in [5, 5.41) is 4.34. The van der Waals surface area contributed by atoms with Gasteiger partial charge in [0.2, 0.25) is 0 Å². The molecule has 0 fully saturated rings. The first kappa shape index (κ1) is 11.6. The molecule has 1 atom stereocenters. The first-order valence-electron chi connectivity index (χ1n) is 6.32. The van der Waals surface area contributed by atoms with E-state index in [0.29, 0.717) is 5.92 Å². The van der Waals surface area contributed by atoms with Crippen molar-refractivity contribution in [2.75, 3.05) is 11.9 Å². The van der Waals surface area contributed by atoms with Gasteiger partial charge in [-0.15, -0.1) is 0 Å². The van der Waals surface area contributed by atoms with E-state index in [1.807, 2.05) is 6.07 Å². The van der Waals surface area contributed by atoms with Gasteiger partial charge in [-0.1, -0.05) is 48.0 Å². The molecule has 2 aromatic carbocycles. The second-order valence-electron chi connectivity index (χ2n) is 4.95. The summed E-state index contributed by atoms with van der Waals surface area (Å²) in [6.07, 6.45) is 1.09. The van der Waals surface area contributed by atoms with E-state index >= 15 is 0 Å². The smallest absolute Gasteiger partial charge is 0.0455 e. The van der Waals surface area contributed by atoms with E-state index in [1.54, 1.807) is 0 Å². The highest BCUT2D eigenvalue weighted by Gasteiger charge is 2.20. The molecule has 3 rings (SSSR count). The lowest BCUT2D eigenvalue weighted by Gasteiger charge is -2.27. The molecule has 92 valence electrons. The first-order chi connectivity index (χ1) is 8.74. The molecular formula is C16H16ClN. The Hall–Kier alpha value is -1.47. The molecule has 0 saturated carbocycles. The largest absolute Gasteiger partial charge is 0.384 e. The predicted molar refractivity (Wildman–Crippen MR) is 77.6 cm³/mol. The van der Waals surface area contributed by atoms with Crippen molar-refractivity contribution in [2.24, 2.45) is 0 Å². The zero-order chi connectivity index (χ0) is 12.5. The van der Waals surface area contributed by atoms with E-state index in [0.717, 1.165) is 23.6 Å². The molecule has 0 aliphatic carbocycles. The van der Waals surface area contributed by atoms with Crippen molar-refractivity contribution in [3.05, 3.63) is 64.2 Å². The van der Waals surface area contributed by atoms with Crippen molar-refractivity contribution < 1.29 is 0 Å². The van der Waals surface area contributed by atoms with Crippen molar-refractivity contribution in [3.8, 4) is 0 Å². The second-order valence-corrected chi connectivity index (χ2v) is 5.36. The SMILES string of the molecule is Cc1cc2c(cc1Cl)NCC(c1ccccc1)C2. The van der Waals surface area contributed by atoms with Gasteiger partial charge in [-0.05, 0) is 36.1 Å². The Morgan fingerprint density at radius 2 is 1.94 bits per heavy atom. The molecule has 1 heterocycles. The topological polar surface area (TPSA) is 12.0 Å². The monoisotopic (exact) mass is 257 g/mol. The van der Waals surface area contributed by atoms with E-state index in [9.17, 15) is 0 Å². The molecule has 1 aliphatic heterocycles. The number of halogens is 1. The number of benzene rings is 2. The van der Waals surface area contributed by atoms with E-state index in [-0.39, 0.29) is 0 Å². The van der Waals surface area contributed by atoms with Crippen LogP contribution >= 0.6 is 11.6 Å². The van der Waals surface area contributed by atoms with Crippen molar-refractivity contribution >= 4 is 17.3 Å². The Morgan fingerprint density at radius 1 is 1.17 bits per heavy atom. The first-order valence-corrected chi connectivity index (χ1v) is 6.69. The lowest BCUT2D eigenvalue weighted by molar-refractivity contribution is 0.694. The van der Waals surface area contributed by atoms with Gasteiger partial charge in [-0.2, -0.15) is 0 Å². The molecule has 0 aromatic heterocycles. The van der Waals surface area contributed by atoms with Gasteiger partial charge in [-0.3, -0.25) is 0 Å². The van der Waals surface area contributed by atoms with Crippen LogP contribution in [0.4, 0.5) is 5.69 Å². The Bertz CT molecular complexity index is 563. The molecule has 0 saturated heterocycles. The normalized spacial score (nSPS) is 18.0. The average Bonchev–Trinajstić information content (AvgIpc) is 2.41. The molecule has 0 bridgehead atoms. The zero-order valence-electron chi connectivity index (χ0n) is 10.4. The third-order valence-electron chi connectivity index (χ3n) is 3.66. The van der Waals surface area contributed by atoms with E-state index in [2.05, 4.69) is 48.6 Å². The van der Waals surface area contributed by atoms with Crippen LogP contribution in [0.1, 0.15) is 22.6 Å². The molecule has 1 nitrogen and oxygen atoms in total. The van der Waals surface area contributed by atoms with E-state index in [1.165, 1.54) is 16.8 Å². The molecule has 0 radical (unpaired) electrons. The molecule has 2 heteroatoms. The van der Waals surface area contributed by atoms with E-state index < -0.39 is 0 Å². The number of aryl methyl sites for hydroxylation is 1. The van der Waals surface area contributed by atoms with Crippen molar-refractivity contribution in [1.29, 1.82) is 0 Å². The van der Waals surface area contributed by atoms with Crippen LogP contribution in [0.25, 0.3) is 0 Å². The van der Waals surface area contributed by atoms with Crippen molar-refractivity contribution in [2.45, 2.75) is 19.3 Å². The third-order valence-corrected chi connectivity index (χ3v) is 4.07. The molecule has 1 N–H and O–H groups in total. The quantitative estimate of drug-likeness (QED) is 0.798. The average molecular weight is 258 g/mol. The third kappa shape index (κ3) is 2.11. The highest BCUT2D eigenvalue weighted by Crippen LogP contribution is 2.33. The summed E-state index contributed by atoms with van der Waals surface area (Å²) >= 11 is 6.16. The number of fused-ring (bicyclic) bond motifs is 1. The van der Waals surface area contributed by atoms with Crippen LogP contribution in [0.15, 0.2) is 42.5 Å². The number of rotatable bonds is 1. The predicted octanol–water partition coefficient (Wildman–Crippen LogP) is 4.40. The Morgan fingerprint density at radius 3 is 2.72 bits per heavy atom. The molecule has 0 spiro atoms. The van der Waals surface area contributed by atoms with E-state index in [4.69, 9.17) is 11.6 Å². The summed E-state index contributed by atoms with van der Waals surface area (Å²) in [4.78, 5) is 0. The van der Waals surface area contributed by atoms with Gasteiger partial charge in [0.05, 0.1) is 0 Å². The fourth-order valence-corrected chi connectivity index (χ4v) is 2.77. The van der Waals surface area contributed by atoms with Crippen LogP contribution in [-0.4, -0.2) is 6.54 Å². The molecule has 1 aliphatic rings. The Kier molecular flexibility index (Phi) is 3.00. The van der Waals surface area contributed by atoms with Gasteiger partial charge in [0.1, 0.15) is 0 Å². The molecule has 18 heavy (non-hydrogen) atoms. The Labute approximate surface area is 113 Å². The maximum atomic E-state index is 6.16. The van der Waals surface area contributed by atoms with Crippen LogP contribution < -0.4 is 5.32 Å². The minimum absolute atomic E-state index is 0.555. The number of nitrogens with one attached hydrogen (secondary N) is 1. The number of hydrogen-bond acceptors (Lipinski definition) is 1. The summed E-state index contributed by atoms with van der Waals surface area (Å²) in [7, 11) is 0. The highest BCUT2D eigenvalue weighted by atomic mass is 35.5.